The summed E-state index contributed by atoms with van der Waals surface area (Å²) >= 11 is 1.23. The molecule has 0 spiro atoms. The largest absolute Gasteiger partial charge is 0.463 e. The molecule has 1 unspecified atom stereocenters. The lowest BCUT2D eigenvalue weighted by Gasteiger charge is -2.18. The molecular weight excluding hydrogens is 344 g/mol. The first-order valence-corrected chi connectivity index (χ1v) is 8.64. The first kappa shape index (κ1) is 19.1. The molecule has 2 heterocycles. The molecule has 2 aromatic rings. The molecule has 8 heteroatoms. The van der Waals surface area contributed by atoms with Crippen molar-refractivity contribution < 1.29 is 23.5 Å². The Hall–Kier alpha value is -2.19. The zero-order valence-corrected chi connectivity index (χ0v) is 15.5. The molecule has 2 rings (SSSR count). The van der Waals surface area contributed by atoms with E-state index < -0.39 is 17.6 Å². The maximum Gasteiger partial charge on any atom is 0.413 e. The maximum absolute atomic E-state index is 12.0. The van der Waals surface area contributed by atoms with Gasteiger partial charge in [0.2, 0.25) is 0 Å². The van der Waals surface area contributed by atoms with Gasteiger partial charge in [0.15, 0.2) is 10.9 Å². The van der Waals surface area contributed by atoms with Gasteiger partial charge < -0.3 is 18.7 Å². The van der Waals surface area contributed by atoms with Crippen molar-refractivity contribution in [1.29, 1.82) is 0 Å². The van der Waals surface area contributed by atoms with E-state index in [0.717, 1.165) is 6.29 Å². The first-order chi connectivity index (χ1) is 11.8. The quantitative estimate of drug-likeness (QED) is 0.743. The van der Waals surface area contributed by atoms with Crippen molar-refractivity contribution in [1.82, 2.24) is 4.98 Å². The standard InChI is InChI=1S/C17H22N2O5S/c1-17(2,3)24-16(21)19-15-18-13(12-6-5-8-23-12)14(25-15)11(10-20)7-9-22-4/h5-6,8,10-11H,7,9H2,1-4H3,(H,18,19,21). The third-order valence-electron chi connectivity index (χ3n) is 3.15. The molecule has 136 valence electrons. The van der Waals surface area contributed by atoms with Gasteiger partial charge in [-0.3, -0.25) is 5.32 Å². The van der Waals surface area contributed by atoms with E-state index in [9.17, 15) is 9.59 Å². The van der Waals surface area contributed by atoms with Crippen LogP contribution in [0.5, 0.6) is 0 Å². The molecule has 0 saturated heterocycles. The van der Waals surface area contributed by atoms with Gasteiger partial charge in [-0.15, -0.1) is 11.3 Å². The van der Waals surface area contributed by atoms with E-state index in [-0.39, 0.29) is 0 Å². The van der Waals surface area contributed by atoms with Crippen molar-refractivity contribution in [3.05, 3.63) is 23.3 Å². The average molecular weight is 366 g/mol. The second-order valence-corrected chi connectivity index (χ2v) is 7.39. The Morgan fingerprint density at radius 3 is 2.80 bits per heavy atom. The van der Waals surface area contributed by atoms with Gasteiger partial charge in [0.25, 0.3) is 0 Å². The van der Waals surface area contributed by atoms with Crippen molar-refractivity contribution in [3.8, 4) is 11.5 Å². The van der Waals surface area contributed by atoms with Gasteiger partial charge in [-0.05, 0) is 39.3 Å². The van der Waals surface area contributed by atoms with Crippen molar-refractivity contribution in [2.45, 2.75) is 38.7 Å². The van der Waals surface area contributed by atoms with Crippen LogP contribution in [0.1, 0.15) is 38.0 Å². The number of carbonyl (C=O) groups is 2. The lowest BCUT2D eigenvalue weighted by Crippen LogP contribution is -2.27. The number of ether oxygens (including phenoxy) is 2. The fourth-order valence-electron chi connectivity index (χ4n) is 2.12. The van der Waals surface area contributed by atoms with Crippen LogP contribution in [-0.2, 0) is 14.3 Å². The van der Waals surface area contributed by atoms with Gasteiger partial charge in [0.1, 0.15) is 17.6 Å². The number of methoxy groups -OCH3 is 1. The summed E-state index contributed by atoms with van der Waals surface area (Å²) in [6, 6.07) is 3.50. The molecule has 2 aromatic heterocycles. The molecule has 0 aliphatic rings. The van der Waals surface area contributed by atoms with Gasteiger partial charge in [0, 0.05) is 18.6 Å². The third-order valence-corrected chi connectivity index (χ3v) is 4.25. The van der Waals surface area contributed by atoms with E-state index in [1.165, 1.54) is 17.6 Å². The number of hydrogen-bond donors (Lipinski definition) is 1. The summed E-state index contributed by atoms with van der Waals surface area (Å²) in [7, 11) is 1.58. The minimum Gasteiger partial charge on any atom is -0.463 e. The fraction of sp³-hybridized carbons (Fsp3) is 0.471. The molecule has 0 aromatic carbocycles. The lowest BCUT2D eigenvalue weighted by molar-refractivity contribution is -0.109. The van der Waals surface area contributed by atoms with Crippen LogP contribution < -0.4 is 5.32 Å². The summed E-state index contributed by atoms with van der Waals surface area (Å²) in [5.74, 6) is 0.138. The topological polar surface area (TPSA) is 90.7 Å². The number of rotatable bonds is 7. The summed E-state index contributed by atoms with van der Waals surface area (Å²) < 4.78 is 15.7. The molecule has 0 saturated carbocycles. The molecule has 0 aliphatic heterocycles. The van der Waals surface area contributed by atoms with Crippen molar-refractivity contribution >= 4 is 28.8 Å². The maximum atomic E-state index is 12.0. The van der Waals surface area contributed by atoms with Gasteiger partial charge in [-0.1, -0.05) is 0 Å². The summed E-state index contributed by atoms with van der Waals surface area (Å²) in [5, 5.41) is 2.96. The molecule has 25 heavy (non-hydrogen) atoms. The van der Waals surface area contributed by atoms with Crippen LogP contribution >= 0.6 is 11.3 Å². The minimum absolute atomic E-state index is 0.347. The number of carbonyl (C=O) groups excluding carboxylic acids is 2. The monoisotopic (exact) mass is 366 g/mol. The molecule has 0 bridgehead atoms. The van der Waals surface area contributed by atoms with Crippen molar-refractivity contribution in [3.63, 3.8) is 0 Å². The van der Waals surface area contributed by atoms with Crippen LogP contribution in [0.4, 0.5) is 9.93 Å². The van der Waals surface area contributed by atoms with Crippen LogP contribution in [-0.4, -0.2) is 36.7 Å². The highest BCUT2D eigenvalue weighted by atomic mass is 32.1. The number of nitrogens with one attached hydrogen (secondary N) is 1. The third kappa shape index (κ3) is 5.40. The molecular formula is C17H22N2O5S. The van der Waals surface area contributed by atoms with Crippen molar-refractivity contribution in [2.75, 3.05) is 19.0 Å². The highest BCUT2D eigenvalue weighted by Crippen LogP contribution is 2.37. The summed E-state index contributed by atoms with van der Waals surface area (Å²) in [6.45, 7) is 5.78. The number of aldehydes is 1. The summed E-state index contributed by atoms with van der Waals surface area (Å²) in [4.78, 5) is 28.6. The number of thiazole rings is 1. The van der Waals surface area contributed by atoms with Crippen LogP contribution in [0.15, 0.2) is 22.8 Å². The SMILES string of the molecule is COCCC(C=O)c1sc(NC(=O)OC(C)(C)C)nc1-c1ccco1. The van der Waals surface area contributed by atoms with E-state index in [4.69, 9.17) is 13.9 Å². The highest BCUT2D eigenvalue weighted by molar-refractivity contribution is 7.16. The van der Waals surface area contributed by atoms with E-state index in [0.29, 0.717) is 34.5 Å². The van der Waals surface area contributed by atoms with Crippen LogP contribution in [0.3, 0.4) is 0 Å². The Bertz CT molecular complexity index is 703. The Morgan fingerprint density at radius 2 is 2.24 bits per heavy atom. The minimum atomic E-state index is -0.613. The van der Waals surface area contributed by atoms with Crippen molar-refractivity contribution in [2.24, 2.45) is 0 Å². The zero-order valence-electron chi connectivity index (χ0n) is 14.7. The number of hydrogen-bond acceptors (Lipinski definition) is 7. The van der Waals surface area contributed by atoms with Gasteiger partial charge in [-0.2, -0.15) is 0 Å². The predicted octanol–water partition coefficient (Wildman–Crippen LogP) is 4.07. The Labute approximate surface area is 150 Å². The summed E-state index contributed by atoms with van der Waals surface area (Å²) in [5.41, 5.74) is -0.0769. The molecule has 1 atom stereocenters. The molecule has 0 aliphatic carbocycles. The molecule has 0 radical (unpaired) electrons. The lowest BCUT2D eigenvalue weighted by atomic mass is 10.0. The van der Waals surface area contributed by atoms with E-state index in [2.05, 4.69) is 10.3 Å². The Morgan fingerprint density at radius 1 is 1.48 bits per heavy atom. The van der Waals surface area contributed by atoms with E-state index in [1.807, 2.05) is 0 Å². The van der Waals surface area contributed by atoms with Crippen LogP contribution in [0.25, 0.3) is 11.5 Å². The molecule has 1 N–H and O–H groups in total. The first-order valence-electron chi connectivity index (χ1n) is 7.83. The number of furan rings is 1. The van der Waals surface area contributed by atoms with Gasteiger partial charge >= 0.3 is 6.09 Å². The fourth-order valence-corrected chi connectivity index (χ4v) is 3.17. The normalized spacial score (nSPS) is 12.6. The Kier molecular flexibility index (Phi) is 6.33. The van der Waals surface area contributed by atoms with Crippen LogP contribution in [0.2, 0.25) is 0 Å². The predicted molar refractivity (Wildman–Crippen MR) is 95.0 cm³/mol. The second-order valence-electron chi connectivity index (χ2n) is 6.36. The Balaban J connectivity index is 2.29. The number of aromatic nitrogens is 1. The average Bonchev–Trinajstić information content (AvgIpc) is 3.15. The molecule has 0 fully saturated rings. The number of anilines is 1. The molecule has 1 amide bonds. The van der Waals surface area contributed by atoms with Gasteiger partial charge in [-0.25, -0.2) is 9.78 Å². The number of nitrogens with zero attached hydrogens (tertiary/aromatic N) is 1. The molecule has 7 nitrogen and oxygen atoms in total. The highest BCUT2D eigenvalue weighted by Gasteiger charge is 2.24. The van der Waals surface area contributed by atoms with E-state index >= 15 is 0 Å². The van der Waals surface area contributed by atoms with E-state index in [1.54, 1.807) is 40.0 Å². The zero-order chi connectivity index (χ0) is 18.4. The van der Waals surface area contributed by atoms with Gasteiger partial charge in [0.05, 0.1) is 12.2 Å². The summed E-state index contributed by atoms with van der Waals surface area (Å²) in [6.07, 6.45) is 2.31. The number of amides is 1. The smallest absolute Gasteiger partial charge is 0.413 e. The second kappa shape index (κ2) is 8.26. The van der Waals surface area contributed by atoms with Crippen LogP contribution in [0, 0.1) is 0 Å².